The molecule has 1 unspecified atom stereocenters. The molecule has 8 heteroatoms. The summed E-state index contributed by atoms with van der Waals surface area (Å²) >= 11 is 1.31. The third-order valence-electron chi connectivity index (χ3n) is 6.17. The molecule has 3 aromatic carbocycles. The highest BCUT2D eigenvalue weighted by molar-refractivity contribution is 8.00. The van der Waals surface area contributed by atoms with Crippen LogP contribution in [0.3, 0.4) is 0 Å². The van der Waals surface area contributed by atoms with Crippen LogP contribution in [0.4, 0.5) is 5.69 Å². The number of carbonyl (C=O) groups excluding carboxylic acids is 1. The summed E-state index contributed by atoms with van der Waals surface area (Å²) in [5, 5.41) is 12.1. The van der Waals surface area contributed by atoms with Gasteiger partial charge >= 0.3 is 0 Å². The monoisotopic (exact) mass is 514 g/mol. The van der Waals surface area contributed by atoms with E-state index in [1.54, 1.807) is 14.2 Å². The van der Waals surface area contributed by atoms with E-state index in [4.69, 9.17) is 14.5 Å². The summed E-state index contributed by atoms with van der Waals surface area (Å²) in [6, 6.07) is 21.1. The van der Waals surface area contributed by atoms with E-state index in [1.165, 1.54) is 11.8 Å². The molecule has 190 valence electrons. The molecule has 0 bridgehead atoms. The van der Waals surface area contributed by atoms with Crippen LogP contribution < -0.4 is 14.8 Å². The molecule has 0 aliphatic rings. The summed E-state index contributed by atoms with van der Waals surface area (Å²) in [7, 11) is 3.26. The first-order chi connectivity index (χ1) is 17.9. The van der Waals surface area contributed by atoms with Gasteiger partial charge in [0, 0.05) is 16.8 Å². The lowest BCUT2D eigenvalue weighted by atomic mass is 10.0. The molecule has 0 aliphatic carbocycles. The highest BCUT2D eigenvalue weighted by Gasteiger charge is 2.22. The van der Waals surface area contributed by atoms with Crippen molar-refractivity contribution in [3.8, 4) is 34.0 Å². The molecule has 0 spiro atoms. The number of rotatable bonds is 9. The topological polar surface area (TPSA) is 86.2 Å². The van der Waals surface area contributed by atoms with Crippen molar-refractivity contribution in [2.75, 3.05) is 19.5 Å². The number of aryl methyl sites for hydroxylation is 1. The predicted octanol–water partition coefficient (Wildman–Crippen LogP) is 6.35. The summed E-state index contributed by atoms with van der Waals surface area (Å²) in [6.45, 7) is 6.01. The molecule has 1 N–H and O–H groups in total. The van der Waals surface area contributed by atoms with Gasteiger partial charge < -0.3 is 14.8 Å². The Labute approximate surface area is 221 Å². The quantitative estimate of drug-likeness (QED) is 0.261. The molecule has 0 saturated carbocycles. The lowest BCUT2D eigenvalue weighted by Crippen LogP contribution is -2.25. The number of carbonyl (C=O) groups is 1. The Morgan fingerprint density at radius 3 is 2.03 bits per heavy atom. The molecule has 0 saturated heterocycles. The molecule has 0 fully saturated rings. The fraction of sp³-hybridized carbons (Fsp3) is 0.241. The first kappa shape index (κ1) is 26.2. The maximum absolute atomic E-state index is 13.2. The van der Waals surface area contributed by atoms with E-state index in [0.29, 0.717) is 23.0 Å². The van der Waals surface area contributed by atoms with E-state index >= 15 is 0 Å². The number of hydrogen-bond acceptors (Lipinski definition) is 7. The smallest absolute Gasteiger partial charge is 0.237 e. The van der Waals surface area contributed by atoms with Crippen molar-refractivity contribution in [1.29, 1.82) is 0 Å². The Balaban J connectivity index is 1.66. The fourth-order valence-corrected chi connectivity index (χ4v) is 4.62. The molecule has 0 aliphatic heterocycles. The number of aromatic nitrogens is 3. The number of nitrogens with one attached hydrogen (secondary N) is 1. The largest absolute Gasteiger partial charge is 0.497 e. The minimum Gasteiger partial charge on any atom is -0.497 e. The molecule has 4 aromatic rings. The second-order valence-electron chi connectivity index (χ2n) is 8.50. The van der Waals surface area contributed by atoms with Gasteiger partial charge in [-0.1, -0.05) is 30.8 Å². The highest BCUT2D eigenvalue weighted by atomic mass is 32.2. The van der Waals surface area contributed by atoms with Crippen molar-refractivity contribution in [2.45, 2.75) is 37.6 Å². The number of amides is 1. The Morgan fingerprint density at radius 2 is 1.46 bits per heavy atom. The van der Waals surface area contributed by atoms with Crippen LogP contribution in [-0.4, -0.2) is 40.6 Å². The number of anilines is 1. The van der Waals surface area contributed by atoms with Crippen molar-refractivity contribution in [1.82, 2.24) is 15.2 Å². The van der Waals surface area contributed by atoms with Gasteiger partial charge in [-0.15, -0.1) is 10.2 Å². The SMILES string of the molecule is CCC(Sc1nnc(-c2ccc(OC)cc2)c(-c2ccc(OC)cc2)n1)C(=O)Nc1cccc(C)c1C. The highest BCUT2D eigenvalue weighted by Crippen LogP contribution is 2.33. The Bertz CT molecular complexity index is 1380. The van der Waals surface area contributed by atoms with E-state index < -0.39 is 0 Å². The average Bonchev–Trinajstić information content (AvgIpc) is 2.94. The standard InChI is InChI=1S/C29H30N4O3S/c1-6-25(28(34)30-24-9-7-8-18(2)19(24)3)37-29-31-26(20-10-14-22(35-4)15-11-20)27(32-33-29)21-12-16-23(36-5)17-13-21/h7-17,25H,6H2,1-5H3,(H,30,34). The number of benzene rings is 3. The van der Waals surface area contributed by atoms with Gasteiger partial charge in [0.25, 0.3) is 0 Å². The first-order valence-electron chi connectivity index (χ1n) is 12.0. The van der Waals surface area contributed by atoms with Gasteiger partial charge in [-0.25, -0.2) is 4.98 Å². The summed E-state index contributed by atoms with van der Waals surface area (Å²) in [4.78, 5) is 18.0. The van der Waals surface area contributed by atoms with Crippen LogP contribution in [0.2, 0.25) is 0 Å². The van der Waals surface area contributed by atoms with Crippen LogP contribution in [-0.2, 0) is 4.79 Å². The number of ether oxygens (including phenoxy) is 2. The van der Waals surface area contributed by atoms with Gasteiger partial charge in [-0.05, 0) is 86.0 Å². The van der Waals surface area contributed by atoms with Gasteiger partial charge in [-0.2, -0.15) is 0 Å². The van der Waals surface area contributed by atoms with Gasteiger partial charge in [0.05, 0.1) is 19.5 Å². The van der Waals surface area contributed by atoms with Gasteiger partial charge in [-0.3, -0.25) is 4.79 Å². The van der Waals surface area contributed by atoms with Crippen LogP contribution >= 0.6 is 11.8 Å². The Kier molecular flexibility index (Phi) is 8.40. The lowest BCUT2D eigenvalue weighted by molar-refractivity contribution is -0.115. The van der Waals surface area contributed by atoms with E-state index in [2.05, 4.69) is 15.5 Å². The maximum Gasteiger partial charge on any atom is 0.237 e. The molecule has 1 aromatic heterocycles. The Morgan fingerprint density at radius 1 is 0.865 bits per heavy atom. The number of nitrogens with zero attached hydrogens (tertiary/aromatic N) is 3. The third-order valence-corrected chi connectivity index (χ3v) is 7.38. The molecule has 0 radical (unpaired) electrons. The molecule has 37 heavy (non-hydrogen) atoms. The van der Waals surface area contributed by atoms with Crippen molar-refractivity contribution < 1.29 is 14.3 Å². The number of hydrogen-bond donors (Lipinski definition) is 1. The second-order valence-corrected chi connectivity index (χ2v) is 9.67. The minimum atomic E-state index is -0.378. The number of methoxy groups -OCH3 is 2. The number of thioether (sulfide) groups is 1. The average molecular weight is 515 g/mol. The fourth-order valence-electron chi connectivity index (χ4n) is 3.80. The molecular weight excluding hydrogens is 484 g/mol. The molecule has 4 rings (SSSR count). The molecule has 1 heterocycles. The van der Waals surface area contributed by atoms with Gasteiger partial charge in [0.1, 0.15) is 22.9 Å². The summed E-state index contributed by atoms with van der Waals surface area (Å²) in [5.74, 6) is 1.42. The summed E-state index contributed by atoms with van der Waals surface area (Å²) in [6.07, 6.45) is 0.614. The van der Waals surface area contributed by atoms with E-state index in [9.17, 15) is 4.79 Å². The van der Waals surface area contributed by atoms with E-state index in [1.807, 2.05) is 87.5 Å². The lowest BCUT2D eigenvalue weighted by Gasteiger charge is -2.16. The van der Waals surface area contributed by atoms with Crippen LogP contribution in [0.5, 0.6) is 11.5 Å². The van der Waals surface area contributed by atoms with Crippen LogP contribution in [0.15, 0.2) is 71.9 Å². The van der Waals surface area contributed by atoms with Crippen LogP contribution in [0.25, 0.3) is 22.5 Å². The van der Waals surface area contributed by atoms with Crippen molar-refractivity contribution in [3.05, 3.63) is 77.9 Å². The normalized spacial score (nSPS) is 11.6. The van der Waals surface area contributed by atoms with Gasteiger partial charge in [0.15, 0.2) is 0 Å². The van der Waals surface area contributed by atoms with Crippen molar-refractivity contribution >= 4 is 23.4 Å². The van der Waals surface area contributed by atoms with Crippen molar-refractivity contribution in [3.63, 3.8) is 0 Å². The minimum absolute atomic E-state index is 0.0879. The molecular formula is C29H30N4O3S. The van der Waals surface area contributed by atoms with Gasteiger partial charge in [0.2, 0.25) is 11.1 Å². The van der Waals surface area contributed by atoms with E-state index in [0.717, 1.165) is 39.4 Å². The maximum atomic E-state index is 13.2. The molecule has 1 amide bonds. The molecule has 1 atom stereocenters. The summed E-state index contributed by atoms with van der Waals surface area (Å²) in [5.41, 5.74) is 6.06. The van der Waals surface area contributed by atoms with Crippen molar-refractivity contribution in [2.24, 2.45) is 0 Å². The Hall–Kier alpha value is -3.91. The zero-order valence-corrected chi connectivity index (χ0v) is 22.4. The zero-order valence-electron chi connectivity index (χ0n) is 21.6. The summed E-state index contributed by atoms with van der Waals surface area (Å²) < 4.78 is 10.6. The van der Waals surface area contributed by atoms with Crippen LogP contribution in [0, 0.1) is 13.8 Å². The zero-order chi connectivity index (χ0) is 26.4. The second kappa shape index (κ2) is 11.9. The molecule has 7 nitrogen and oxygen atoms in total. The first-order valence-corrected chi connectivity index (χ1v) is 12.9. The third kappa shape index (κ3) is 6.09. The van der Waals surface area contributed by atoms with E-state index in [-0.39, 0.29) is 11.2 Å². The predicted molar refractivity (Wildman–Crippen MR) is 148 cm³/mol. The van der Waals surface area contributed by atoms with Crippen LogP contribution in [0.1, 0.15) is 24.5 Å².